The quantitative estimate of drug-likeness (QED) is 0.744. The lowest BCUT2D eigenvalue weighted by molar-refractivity contribution is -0.137. The van der Waals surface area contributed by atoms with E-state index in [1.165, 1.54) is 0 Å². The molecule has 0 amide bonds. The first kappa shape index (κ1) is 16.5. The largest absolute Gasteiger partial charge is 0.494 e. The van der Waals surface area contributed by atoms with Gasteiger partial charge in [0, 0.05) is 11.6 Å². The third-order valence-corrected chi connectivity index (χ3v) is 4.16. The van der Waals surface area contributed by atoms with Crippen LogP contribution in [0.1, 0.15) is 18.5 Å². The Kier molecular flexibility index (Phi) is 5.97. The standard InChI is InChI=1S/C13H19NO5S/c1-3-19-12-7-5-4-6-10(12)11(14)8-20(16,17)9-13(15)18-2/h4-7,11H,3,8-9,14H2,1-2H3. The summed E-state index contributed by atoms with van der Waals surface area (Å²) in [6.07, 6.45) is 0. The molecule has 112 valence electrons. The molecule has 0 aromatic heterocycles. The normalized spacial score (nSPS) is 12.8. The molecule has 0 radical (unpaired) electrons. The van der Waals surface area contributed by atoms with E-state index in [-0.39, 0.29) is 5.75 Å². The van der Waals surface area contributed by atoms with Gasteiger partial charge >= 0.3 is 5.97 Å². The molecule has 0 aliphatic rings. The zero-order valence-electron chi connectivity index (χ0n) is 11.5. The fourth-order valence-electron chi connectivity index (χ4n) is 1.73. The van der Waals surface area contributed by atoms with E-state index in [9.17, 15) is 13.2 Å². The number of benzene rings is 1. The maximum absolute atomic E-state index is 11.8. The Morgan fingerprint density at radius 1 is 1.35 bits per heavy atom. The van der Waals surface area contributed by atoms with Gasteiger partial charge in [-0.3, -0.25) is 4.79 Å². The molecule has 1 aromatic carbocycles. The first-order valence-corrected chi connectivity index (χ1v) is 7.96. The highest BCUT2D eigenvalue weighted by molar-refractivity contribution is 7.92. The molecule has 1 rings (SSSR count). The van der Waals surface area contributed by atoms with Gasteiger partial charge in [0.25, 0.3) is 0 Å². The minimum absolute atomic E-state index is 0.341. The van der Waals surface area contributed by atoms with Crippen LogP contribution < -0.4 is 10.5 Å². The van der Waals surface area contributed by atoms with E-state index in [2.05, 4.69) is 4.74 Å². The SMILES string of the molecule is CCOc1ccccc1C(N)CS(=O)(=O)CC(=O)OC. The molecular weight excluding hydrogens is 282 g/mol. The molecule has 7 heteroatoms. The van der Waals surface area contributed by atoms with Crippen molar-refractivity contribution in [3.8, 4) is 5.75 Å². The van der Waals surface area contributed by atoms with E-state index in [0.717, 1.165) is 7.11 Å². The van der Waals surface area contributed by atoms with E-state index < -0.39 is 27.6 Å². The monoisotopic (exact) mass is 301 g/mol. The average molecular weight is 301 g/mol. The second-order valence-electron chi connectivity index (χ2n) is 4.21. The van der Waals surface area contributed by atoms with Gasteiger partial charge in [-0.15, -0.1) is 0 Å². The van der Waals surface area contributed by atoms with Gasteiger partial charge in [-0.05, 0) is 13.0 Å². The van der Waals surface area contributed by atoms with Crippen LogP contribution in [0.3, 0.4) is 0 Å². The first-order chi connectivity index (χ1) is 9.39. The molecule has 0 saturated heterocycles. The molecule has 1 unspecified atom stereocenters. The lowest BCUT2D eigenvalue weighted by atomic mass is 10.1. The topological polar surface area (TPSA) is 95.7 Å². The van der Waals surface area contributed by atoms with Gasteiger partial charge in [0.15, 0.2) is 9.84 Å². The molecule has 20 heavy (non-hydrogen) atoms. The number of sulfone groups is 1. The van der Waals surface area contributed by atoms with Crippen molar-refractivity contribution in [2.24, 2.45) is 5.73 Å². The fraction of sp³-hybridized carbons (Fsp3) is 0.462. The lowest BCUT2D eigenvalue weighted by Gasteiger charge is -2.16. The van der Waals surface area contributed by atoms with Crippen LogP contribution >= 0.6 is 0 Å². The average Bonchev–Trinajstić information content (AvgIpc) is 2.38. The van der Waals surface area contributed by atoms with Crippen molar-refractivity contribution in [1.29, 1.82) is 0 Å². The van der Waals surface area contributed by atoms with E-state index in [1.54, 1.807) is 24.3 Å². The Hall–Kier alpha value is -1.60. The van der Waals surface area contributed by atoms with Crippen LogP contribution in [-0.4, -0.2) is 39.6 Å². The number of nitrogens with two attached hydrogens (primary N) is 1. The van der Waals surface area contributed by atoms with E-state index >= 15 is 0 Å². The van der Waals surface area contributed by atoms with Crippen LogP contribution in [0.25, 0.3) is 0 Å². The lowest BCUT2D eigenvalue weighted by Crippen LogP contribution is -2.27. The third-order valence-electron chi connectivity index (χ3n) is 2.62. The number of ether oxygens (including phenoxy) is 2. The Bertz CT molecular complexity index is 556. The Morgan fingerprint density at radius 3 is 2.60 bits per heavy atom. The van der Waals surface area contributed by atoms with Gasteiger partial charge in [0.05, 0.1) is 19.5 Å². The third kappa shape index (κ3) is 4.82. The summed E-state index contributed by atoms with van der Waals surface area (Å²) in [5.74, 6) is -1.26. The first-order valence-electron chi connectivity index (χ1n) is 6.14. The van der Waals surface area contributed by atoms with Crippen molar-refractivity contribution in [2.45, 2.75) is 13.0 Å². The van der Waals surface area contributed by atoms with E-state index in [0.29, 0.717) is 17.9 Å². The maximum atomic E-state index is 11.8. The number of hydrogen-bond acceptors (Lipinski definition) is 6. The summed E-state index contributed by atoms with van der Waals surface area (Å²) in [6.45, 7) is 2.29. The van der Waals surface area contributed by atoms with Crippen molar-refractivity contribution in [3.05, 3.63) is 29.8 Å². The molecule has 0 spiro atoms. The number of hydrogen-bond donors (Lipinski definition) is 1. The summed E-state index contributed by atoms with van der Waals surface area (Å²) < 4.78 is 33.4. The van der Waals surface area contributed by atoms with Crippen LogP contribution in [0.2, 0.25) is 0 Å². The predicted molar refractivity (Wildman–Crippen MR) is 75.2 cm³/mol. The highest BCUT2D eigenvalue weighted by Gasteiger charge is 2.23. The molecule has 6 nitrogen and oxygen atoms in total. The van der Waals surface area contributed by atoms with Crippen molar-refractivity contribution in [1.82, 2.24) is 0 Å². The minimum Gasteiger partial charge on any atom is -0.494 e. The van der Waals surface area contributed by atoms with E-state index in [4.69, 9.17) is 10.5 Å². The number of para-hydroxylation sites is 1. The Labute approximate surface area is 118 Å². The van der Waals surface area contributed by atoms with Gasteiger partial charge in [0.1, 0.15) is 11.5 Å². The molecule has 0 aliphatic carbocycles. The summed E-state index contributed by atoms with van der Waals surface area (Å²) in [5.41, 5.74) is 6.52. The summed E-state index contributed by atoms with van der Waals surface area (Å²) in [5, 5.41) is 0. The Balaban J connectivity index is 2.85. The highest BCUT2D eigenvalue weighted by Crippen LogP contribution is 2.24. The van der Waals surface area contributed by atoms with Gasteiger partial charge in [-0.25, -0.2) is 8.42 Å². The molecule has 0 bridgehead atoms. The molecule has 2 N–H and O–H groups in total. The number of methoxy groups -OCH3 is 1. The second-order valence-corrected chi connectivity index (χ2v) is 6.32. The van der Waals surface area contributed by atoms with Gasteiger partial charge in [-0.1, -0.05) is 18.2 Å². The van der Waals surface area contributed by atoms with Crippen LogP contribution in [0.5, 0.6) is 5.75 Å². The summed E-state index contributed by atoms with van der Waals surface area (Å²) >= 11 is 0. The number of carbonyl (C=O) groups excluding carboxylic acids is 1. The molecule has 0 fully saturated rings. The van der Waals surface area contributed by atoms with Crippen molar-refractivity contribution < 1.29 is 22.7 Å². The molecule has 0 heterocycles. The van der Waals surface area contributed by atoms with Gasteiger partial charge < -0.3 is 15.2 Å². The number of rotatable bonds is 7. The fourth-order valence-corrected chi connectivity index (χ4v) is 3.06. The predicted octanol–water partition coefficient (Wildman–Crippen LogP) is 0.673. The maximum Gasteiger partial charge on any atom is 0.320 e. The Morgan fingerprint density at radius 2 is 2.00 bits per heavy atom. The van der Waals surface area contributed by atoms with Crippen LogP contribution in [0, 0.1) is 0 Å². The minimum atomic E-state index is -3.63. The number of esters is 1. The van der Waals surface area contributed by atoms with Crippen molar-refractivity contribution >= 4 is 15.8 Å². The molecule has 0 aliphatic heterocycles. The van der Waals surface area contributed by atoms with Crippen molar-refractivity contribution in [3.63, 3.8) is 0 Å². The summed E-state index contributed by atoms with van der Waals surface area (Å²) in [7, 11) is -2.49. The molecule has 1 atom stereocenters. The molecule has 1 aromatic rings. The summed E-state index contributed by atoms with van der Waals surface area (Å²) in [6, 6.07) is 6.22. The number of carbonyl (C=O) groups is 1. The zero-order chi connectivity index (χ0) is 15.2. The zero-order valence-corrected chi connectivity index (χ0v) is 12.4. The summed E-state index contributed by atoms with van der Waals surface area (Å²) in [4.78, 5) is 11.0. The van der Waals surface area contributed by atoms with Crippen LogP contribution in [-0.2, 0) is 19.4 Å². The highest BCUT2D eigenvalue weighted by atomic mass is 32.2. The van der Waals surface area contributed by atoms with Gasteiger partial charge in [0.2, 0.25) is 0 Å². The van der Waals surface area contributed by atoms with Crippen LogP contribution in [0.4, 0.5) is 0 Å². The smallest absolute Gasteiger partial charge is 0.320 e. The van der Waals surface area contributed by atoms with Crippen LogP contribution in [0.15, 0.2) is 24.3 Å². The second kappa shape index (κ2) is 7.25. The van der Waals surface area contributed by atoms with E-state index in [1.807, 2.05) is 6.92 Å². The molecule has 0 saturated carbocycles. The van der Waals surface area contributed by atoms with Gasteiger partial charge in [-0.2, -0.15) is 0 Å². The van der Waals surface area contributed by atoms with Crippen molar-refractivity contribution in [2.75, 3.05) is 25.2 Å². The molecular formula is C13H19NO5S.